The van der Waals surface area contributed by atoms with Gasteiger partial charge >= 0.3 is 0 Å². The Kier molecular flexibility index (Phi) is 6.34. The van der Waals surface area contributed by atoms with Crippen molar-refractivity contribution in [3.05, 3.63) is 106 Å². The Labute approximate surface area is 202 Å². The normalized spacial score (nSPS) is 11.4. The monoisotopic (exact) mass is 464 g/mol. The maximum Gasteiger partial charge on any atom is 0.271 e. The van der Waals surface area contributed by atoms with Crippen LogP contribution in [0.25, 0.3) is 16.5 Å². The lowest BCUT2D eigenvalue weighted by Gasteiger charge is -2.21. The smallest absolute Gasteiger partial charge is 0.271 e. The maximum absolute atomic E-state index is 13.9. The number of hydrogen-bond acceptors (Lipinski definition) is 5. The molecule has 0 spiro atoms. The van der Waals surface area contributed by atoms with Crippen molar-refractivity contribution in [1.29, 1.82) is 5.41 Å². The van der Waals surface area contributed by atoms with Crippen molar-refractivity contribution < 1.29 is 4.79 Å². The first kappa shape index (κ1) is 23.3. The van der Waals surface area contributed by atoms with Gasteiger partial charge in [-0.05, 0) is 36.6 Å². The second kappa shape index (κ2) is 9.53. The molecule has 0 aliphatic rings. The van der Waals surface area contributed by atoms with E-state index in [-0.39, 0.29) is 11.3 Å². The molecule has 2 aromatic heterocycles. The molecule has 0 aliphatic carbocycles. The van der Waals surface area contributed by atoms with Crippen LogP contribution >= 0.6 is 0 Å². The summed E-state index contributed by atoms with van der Waals surface area (Å²) >= 11 is 0. The van der Waals surface area contributed by atoms with E-state index in [1.165, 1.54) is 0 Å². The molecule has 0 saturated carbocycles. The second-order valence-corrected chi connectivity index (χ2v) is 8.06. The fourth-order valence-electron chi connectivity index (χ4n) is 3.76. The van der Waals surface area contributed by atoms with Crippen LogP contribution in [0.5, 0.6) is 0 Å². The first-order valence-electron chi connectivity index (χ1n) is 10.8. The van der Waals surface area contributed by atoms with Gasteiger partial charge in [0, 0.05) is 30.2 Å². The maximum atomic E-state index is 13.9. The quantitative estimate of drug-likeness (QED) is 0.311. The third-order valence-electron chi connectivity index (χ3n) is 5.48. The van der Waals surface area contributed by atoms with Crippen LogP contribution in [0.4, 0.5) is 0 Å². The lowest BCUT2D eigenvalue weighted by Crippen LogP contribution is -2.37. The molecular formula is C27H24N6O2. The van der Waals surface area contributed by atoms with Crippen molar-refractivity contribution in [1.82, 2.24) is 19.7 Å². The van der Waals surface area contributed by atoms with Gasteiger partial charge in [-0.3, -0.25) is 24.2 Å². The van der Waals surface area contributed by atoms with Gasteiger partial charge in [-0.15, -0.1) is 0 Å². The van der Waals surface area contributed by atoms with E-state index in [2.05, 4.69) is 28.8 Å². The molecular weight excluding hydrogens is 440 g/mol. The molecule has 0 radical (unpaired) electrons. The Morgan fingerprint density at radius 2 is 1.91 bits per heavy atom. The zero-order valence-corrected chi connectivity index (χ0v) is 19.4. The van der Waals surface area contributed by atoms with Crippen LogP contribution in [0, 0.1) is 17.3 Å². The number of pyridine rings is 1. The van der Waals surface area contributed by atoms with E-state index in [4.69, 9.17) is 11.1 Å². The van der Waals surface area contributed by atoms with Crippen molar-refractivity contribution >= 4 is 22.4 Å². The number of hydrogen-bond donors (Lipinski definition) is 3. The summed E-state index contributed by atoms with van der Waals surface area (Å²) in [6.45, 7) is 5.19. The molecule has 0 bridgehead atoms. The van der Waals surface area contributed by atoms with Gasteiger partial charge in [0.2, 0.25) is 0 Å². The molecule has 174 valence electrons. The summed E-state index contributed by atoms with van der Waals surface area (Å²) in [4.78, 5) is 26.4. The van der Waals surface area contributed by atoms with Crippen LogP contribution in [0.2, 0.25) is 0 Å². The fourth-order valence-corrected chi connectivity index (χ4v) is 3.76. The molecule has 1 atom stereocenters. The zero-order valence-electron chi connectivity index (χ0n) is 19.4. The minimum atomic E-state index is -0.673. The lowest BCUT2D eigenvalue weighted by molar-refractivity contribution is -0.115. The average Bonchev–Trinajstić information content (AvgIpc) is 3.27. The standard InChI is InChI=1S/C27H24N6O2/c1-17(28)25(29)26(34)31-18(2)23-14-21-9-7-8-20(13-12-19-15-30-32(3)16-19)24(21)27(35)33(23)22-10-5-4-6-11-22/h4-11,14-16,18,29H,1,28H2,2-3H3,(H,31,34)/t18-/m0/s1. The molecule has 0 saturated heterocycles. The van der Waals surface area contributed by atoms with E-state index in [1.54, 1.807) is 28.6 Å². The Bertz CT molecular complexity index is 1580. The number of fused-ring (bicyclic) bond motifs is 1. The highest BCUT2D eigenvalue weighted by molar-refractivity contribution is 6.43. The zero-order chi connectivity index (χ0) is 25.1. The average molecular weight is 465 g/mol. The minimum absolute atomic E-state index is 0.134. The number of nitrogens with two attached hydrogens (primary N) is 1. The van der Waals surface area contributed by atoms with Crippen LogP contribution in [-0.2, 0) is 11.8 Å². The van der Waals surface area contributed by atoms with E-state index in [9.17, 15) is 9.59 Å². The van der Waals surface area contributed by atoms with Gasteiger partial charge in [0.05, 0.1) is 28.9 Å². The van der Waals surface area contributed by atoms with Crippen molar-refractivity contribution in [3.8, 4) is 17.5 Å². The SMILES string of the molecule is C=C(N)C(=N)C(=O)N[C@@H](C)c1cc2cccc(C#Cc3cnn(C)c3)c2c(=O)n1-c1ccccc1. The van der Waals surface area contributed by atoms with Crippen LogP contribution in [-0.4, -0.2) is 26.0 Å². The molecule has 0 aliphatic heterocycles. The molecule has 4 N–H and O–H groups in total. The van der Waals surface area contributed by atoms with Gasteiger partial charge in [-0.25, -0.2) is 0 Å². The van der Waals surface area contributed by atoms with Crippen LogP contribution in [0.15, 0.2) is 84.1 Å². The number of nitrogens with one attached hydrogen (secondary N) is 2. The van der Waals surface area contributed by atoms with Gasteiger partial charge in [0.15, 0.2) is 0 Å². The van der Waals surface area contributed by atoms with Gasteiger partial charge in [-0.2, -0.15) is 5.10 Å². The van der Waals surface area contributed by atoms with Crippen molar-refractivity contribution in [3.63, 3.8) is 0 Å². The Balaban J connectivity index is 1.90. The number of nitrogens with zero attached hydrogens (tertiary/aromatic N) is 3. The number of para-hydroxylation sites is 1. The number of amides is 1. The molecule has 8 heteroatoms. The number of benzene rings is 2. The third-order valence-corrected chi connectivity index (χ3v) is 5.48. The van der Waals surface area contributed by atoms with E-state index in [0.717, 1.165) is 5.56 Å². The predicted molar refractivity (Wildman–Crippen MR) is 136 cm³/mol. The number of carbonyl (C=O) groups is 1. The summed E-state index contributed by atoms with van der Waals surface area (Å²) in [5.41, 5.74) is 7.21. The second-order valence-electron chi connectivity index (χ2n) is 8.06. The van der Waals surface area contributed by atoms with Gasteiger partial charge < -0.3 is 11.1 Å². The molecule has 1 amide bonds. The van der Waals surface area contributed by atoms with E-state index in [1.807, 2.05) is 61.6 Å². The van der Waals surface area contributed by atoms with Crippen molar-refractivity contribution in [2.24, 2.45) is 12.8 Å². The van der Waals surface area contributed by atoms with Gasteiger partial charge in [0.25, 0.3) is 11.5 Å². The third kappa shape index (κ3) is 4.75. The summed E-state index contributed by atoms with van der Waals surface area (Å²) in [6.07, 6.45) is 3.47. The Morgan fingerprint density at radius 3 is 2.57 bits per heavy atom. The molecule has 4 rings (SSSR count). The summed E-state index contributed by atoms with van der Waals surface area (Å²) < 4.78 is 3.22. The van der Waals surface area contributed by atoms with E-state index < -0.39 is 17.7 Å². The summed E-state index contributed by atoms with van der Waals surface area (Å²) in [7, 11) is 1.81. The van der Waals surface area contributed by atoms with Gasteiger partial charge in [-0.1, -0.05) is 48.8 Å². The highest BCUT2D eigenvalue weighted by Gasteiger charge is 2.21. The lowest BCUT2D eigenvalue weighted by atomic mass is 10.0. The summed E-state index contributed by atoms with van der Waals surface area (Å²) in [5, 5.41) is 15.8. The Hall–Kier alpha value is -4.90. The van der Waals surface area contributed by atoms with E-state index in [0.29, 0.717) is 27.7 Å². The molecule has 4 aromatic rings. The Morgan fingerprint density at radius 1 is 1.17 bits per heavy atom. The number of rotatable bonds is 5. The summed E-state index contributed by atoms with van der Waals surface area (Å²) in [6, 6.07) is 15.9. The highest BCUT2D eigenvalue weighted by Crippen LogP contribution is 2.23. The fraction of sp³-hybridized carbons (Fsp3) is 0.111. The topological polar surface area (TPSA) is 119 Å². The molecule has 0 fully saturated rings. The molecule has 8 nitrogen and oxygen atoms in total. The number of carbonyl (C=O) groups excluding carboxylic acids is 1. The van der Waals surface area contributed by atoms with E-state index >= 15 is 0 Å². The van der Waals surface area contributed by atoms with Crippen LogP contribution in [0.1, 0.15) is 29.8 Å². The van der Waals surface area contributed by atoms with Crippen LogP contribution < -0.4 is 16.6 Å². The van der Waals surface area contributed by atoms with Crippen molar-refractivity contribution in [2.45, 2.75) is 13.0 Å². The molecule has 0 unspecified atom stereocenters. The largest absolute Gasteiger partial charge is 0.397 e. The first-order valence-corrected chi connectivity index (χ1v) is 10.8. The number of aryl methyl sites for hydroxylation is 1. The predicted octanol–water partition coefficient (Wildman–Crippen LogP) is 2.79. The first-order chi connectivity index (χ1) is 16.8. The molecule has 35 heavy (non-hydrogen) atoms. The molecule has 2 aromatic carbocycles. The molecule has 2 heterocycles. The summed E-state index contributed by atoms with van der Waals surface area (Å²) in [5.74, 6) is 5.50. The van der Waals surface area contributed by atoms with Crippen molar-refractivity contribution in [2.75, 3.05) is 0 Å². The van der Waals surface area contributed by atoms with Gasteiger partial charge in [0.1, 0.15) is 5.71 Å². The van der Waals surface area contributed by atoms with Crippen LogP contribution in [0.3, 0.4) is 0 Å². The minimum Gasteiger partial charge on any atom is -0.397 e. The highest BCUT2D eigenvalue weighted by atomic mass is 16.2. The number of aromatic nitrogens is 3.